The topological polar surface area (TPSA) is 52.4 Å². The van der Waals surface area contributed by atoms with Crippen molar-refractivity contribution in [3.05, 3.63) is 112 Å². The summed E-state index contributed by atoms with van der Waals surface area (Å²) in [6.45, 7) is -0.258. The minimum Gasteiger partial charge on any atom is -0.497 e. The van der Waals surface area contributed by atoms with Gasteiger partial charge in [0.15, 0.2) is 0 Å². The van der Waals surface area contributed by atoms with Crippen LogP contribution >= 0.6 is 0 Å². The molecule has 0 aliphatic carbocycles. The average molecular weight is 345 g/mol. The van der Waals surface area contributed by atoms with Crippen LogP contribution in [0.3, 0.4) is 0 Å². The van der Waals surface area contributed by atoms with E-state index in [2.05, 4.69) is 0 Å². The highest BCUT2D eigenvalue weighted by atomic mass is 16.6. The van der Waals surface area contributed by atoms with E-state index in [9.17, 15) is 10.1 Å². The van der Waals surface area contributed by atoms with Gasteiger partial charge in [-0.25, -0.2) is 0 Å². The van der Waals surface area contributed by atoms with Crippen molar-refractivity contribution in [1.82, 2.24) is 0 Å². The maximum Gasteiger partial charge on any atom is 0.230 e. The first-order valence-electron chi connectivity index (χ1n) is 8.29. The van der Waals surface area contributed by atoms with Crippen molar-refractivity contribution in [2.45, 2.75) is 0 Å². The molecule has 0 bridgehead atoms. The molecule has 0 atom stereocenters. The fourth-order valence-corrected chi connectivity index (χ4v) is 2.96. The van der Waals surface area contributed by atoms with Crippen molar-refractivity contribution in [3.8, 4) is 5.75 Å². The van der Waals surface area contributed by atoms with Gasteiger partial charge >= 0.3 is 0 Å². The molecular formula is C22H19NO3. The normalized spacial score (nSPS) is 10.2. The van der Waals surface area contributed by atoms with Crippen LogP contribution in [0.4, 0.5) is 0 Å². The molecule has 0 aromatic heterocycles. The zero-order valence-electron chi connectivity index (χ0n) is 14.5. The molecule has 0 fully saturated rings. The van der Waals surface area contributed by atoms with E-state index >= 15 is 0 Å². The van der Waals surface area contributed by atoms with Crippen LogP contribution in [0.5, 0.6) is 5.75 Å². The molecule has 0 aliphatic rings. The molecule has 4 nitrogen and oxygen atoms in total. The Kier molecular flexibility index (Phi) is 5.44. The third-order valence-electron chi connectivity index (χ3n) is 4.15. The largest absolute Gasteiger partial charge is 0.497 e. The SMILES string of the molecule is COc1ccc(C(C[N+](=O)[O-])=C(c2ccccc2)c2ccccc2)cc1. The lowest BCUT2D eigenvalue weighted by Crippen LogP contribution is -2.07. The number of hydrogen-bond acceptors (Lipinski definition) is 3. The van der Waals surface area contributed by atoms with E-state index in [0.717, 1.165) is 28.0 Å². The van der Waals surface area contributed by atoms with Crippen LogP contribution in [-0.4, -0.2) is 18.6 Å². The van der Waals surface area contributed by atoms with Gasteiger partial charge in [0, 0.05) is 10.5 Å². The van der Waals surface area contributed by atoms with Crippen molar-refractivity contribution in [3.63, 3.8) is 0 Å². The van der Waals surface area contributed by atoms with Crippen molar-refractivity contribution in [2.75, 3.05) is 13.7 Å². The summed E-state index contributed by atoms with van der Waals surface area (Å²) in [6.07, 6.45) is 0. The van der Waals surface area contributed by atoms with Gasteiger partial charge in [-0.05, 0) is 34.4 Å². The molecule has 0 N–H and O–H groups in total. The van der Waals surface area contributed by atoms with E-state index in [4.69, 9.17) is 4.74 Å². The summed E-state index contributed by atoms with van der Waals surface area (Å²) in [5.41, 5.74) is 4.26. The van der Waals surface area contributed by atoms with Crippen molar-refractivity contribution < 1.29 is 9.66 Å². The molecule has 130 valence electrons. The fourth-order valence-electron chi connectivity index (χ4n) is 2.96. The molecule has 3 rings (SSSR count). The van der Waals surface area contributed by atoms with Gasteiger partial charge in [-0.2, -0.15) is 0 Å². The molecule has 0 aliphatic heterocycles. The first-order chi connectivity index (χ1) is 12.7. The summed E-state index contributed by atoms with van der Waals surface area (Å²) in [5.74, 6) is 0.718. The van der Waals surface area contributed by atoms with Gasteiger partial charge in [0.25, 0.3) is 0 Å². The van der Waals surface area contributed by atoms with Crippen LogP contribution in [0.25, 0.3) is 11.1 Å². The molecule has 0 saturated heterocycles. The first-order valence-corrected chi connectivity index (χ1v) is 8.29. The van der Waals surface area contributed by atoms with Crippen LogP contribution in [-0.2, 0) is 0 Å². The molecule has 26 heavy (non-hydrogen) atoms. The maximum atomic E-state index is 11.4. The summed E-state index contributed by atoms with van der Waals surface area (Å²) in [5, 5.41) is 11.4. The van der Waals surface area contributed by atoms with Gasteiger partial charge in [0.2, 0.25) is 6.54 Å². The Morgan fingerprint density at radius 3 is 1.73 bits per heavy atom. The van der Waals surface area contributed by atoms with E-state index in [1.165, 1.54) is 0 Å². The molecule has 0 radical (unpaired) electrons. The zero-order chi connectivity index (χ0) is 18.4. The molecular weight excluding hydrogens is 326 g/mol. The third kappa shape index (κ3) is 3.98. The number of ether oxygens (including phenoxy) is 1. The quantitative estimate of drug-likeness (QED) is 0.361. The van der Waals surface area contributed by atoms with Crippen LogP contribution in [0, 0.1) is 10.1 Å². The van der Waals surface area contributed by atoms with Gasteiger partial charge in [0.05, 0.1) is 7.11 Å². The Morgan fingerprint density at radius 1 is 0.808 bits per heavy atom. The Morgan fingerprint density at radius 2 is 1.31 bits per heavy atom. The second-order valence-electron chi connectivity index (χ2n) is 5.80. The van der Waals surface area contributed by atoms with Crippen LogP contribution in [0.1, 0.15) is 16.7 Å². The van der Waals surface area contributed by atoms with Crippen molar-refractivity contribution in [2.24, 2.45) is 0 Å². The Bertz CT molecular complexity index is 860. The van der Waals surface area contributed by atoms with Crippen molar-refractivity contribution in [1.29, 1.82) is 0 Å². The Labute approximate surface area is 152 Å². The van der Waals surface area contributed by atoms with E-state index in [0.29, 0.717) is 5.57 Å². The highest BCUT2D eigenvalue weighted by Gasteiger charge is 2.18. The lowest BCUT2D eigenvalue weighted by molar-refractivity contribution is -0.465. The summed E-state index contributed by atoms with van der Waals surface area (Å²) in [6, 6.07) is 26.9. The average Bonchev–Trinajstić information content (AvgIpc) is 2.69. The number of hydrogen-bond donors (Lipinski definition) is 0. The molecule has 0 spiro atoms. The Hall–Kier alpha value is -3.40. The fraction of sp³-hybridized carbons (Fsp3) is 0.0909. The van der Waals surface area contributed by atoms with Gasteiger partial charge in [-0.3, -0.25) is 10.1 Å². The van der Waals surface area contributed by atoms with Gasteiger partial charge < -0.3 is 4.74 Å². The first kappa shape index (κ1) is 17.4. The lowest BCUT2D eigenvalue weighted by atomic mass is 9.89. The predicted molar refractivity (Wildman–Crippen MR) is 104 cm³/mol. The zero-order valence-corrected chi connectivity index (χ0v) is 14.5. The number of benzene rings is 3. The summed E-state index contributed by atoms with van der Waals surface area (Å²) < 4.78 is 5.21. The molecule has 0 saturated carbocycles. The van der Waals surface area contributed by atoms with E-state index in [1.807, 2.05) is 84.9 Å². The highest BCUT2D eigenvalue weighted by molar-refractivity contribution is 5.98. The number of nitro groups is 1. The van der Waals surface area contributed by atoms with Gasteiger partial charge in [-0.1, -0.05) is 72.8 Å². The summed E-state index contributed by atoms with van der Waals surface area (Å²) in [7, 11) is 1.60. The molecule has 0 heterocycles. The predicted octanol–water partition coefficient (Wildman–Crippen LogP) is 4.93. The minimum absolute atomic E-state index is 0.258. The third-order valence-corrected chi connectivity index (χ3v) is 4.15. The molecule has 0 amide bonds. The number of rotatable bonds is 6. The van der Waals surface area contributed by atoms with Crippen LogP contribution in [0.2, 0.25) is 0 Å². The van der Waals surface area contributed by atoms with E-state index in [1.54, 1.807) is 7.11 Å². The van der Waals surface area contributed by atoms with Gasteiger partial charge in [-0.15, -0.1) is 0 Å². The second-order valence-corrected chi connectivity index (χ2v) is 5.80. The molecule has 3 aromatic rings. The highest BCUT2D eigenvalue weighted by Crippen LogP contribution is 2.33. The molecule has 3 aromatic carbocycles. The minimum atomic E-state index is -0.286. The second kappa shape index (κ2) is 8.12. The van der Waals surface area contributed by atoms with Crippen LogP contribution in [0.15, 0.2) is 84.9 Å². The van der Waals surface area contributed by atoms with E-state index in [-0.39, 0.29) is 11.5 Å². The maximum absolute atomic E-state index is 11.4. The smallest absolute Gasteiger partial charge is 0.230 e. The molecule has 0 unspecified atom stereocenters. The number of methoxy groups -OCH3 is 1. The molecule has 4 heteroatoms. The number of nitrogens with zero attached hydrogens (tertiary/aromatic N) is 1. The van der Waals surface area contributed by atoms with E-state index < -0.39 is 0 Å². The van der Waals surface area contributed by atoms with Crippen molar-refractivity contribution >= 4 is 11.1 Å². The summed E-state index contributed by atoms with van der Waals surface area (Å²) >= 11 is 0. The standard InChI is InChI=1S/C22H19NO3/c1-26-20-14-12-17(13-15-20)21(16-23(24)25)22(18-8-4-2-5-9-18)19-10-6-3-7-11-19/h2-15H,16H2,1H3. The lowest BCUT2D eigenvalue weighted by Gasteiger charge is -2.15. The monoisotopic (exact) mass is 345 g/mol. The van der Waals surface area contributed by atoms with Gasteiger partial charge in [0.1, 0.15) is 5.75 Å². The summed E-state index contributed by atoms with van der Waals surface area (Å²) in [4.78, 5) is 11.1. The Balaban J connectivity index is 2.27. The van der Waals surface area contributed by atoms with Crippen LogP contribution < -0.4 is 4.74 Å².